The average molecular weight is 498 g/mol. The maximum Gasteiger partial charge on any atom is 0.303 e. The van der Waals surface area contributed by atoms with Gasteiger partial charge in [0, 0.05) is 50.1 Å². The highest BCUT2D eigenvalue weighted by Gasteiger charge is 2.31. The van der Waals surface area contributed by atoms with E-state index >= 15 is 0 Å². The summed E-state index contributed by atoms with van der Waals surface area (Å²) in [4.78, 5) is 18.4. The predicted molar refractivity (Wildman–Crippen MR) is 139 cm³/mol. The quantitative estimate of drug-likeness (QED) is 0.374. The number of nitrogens with zero attached hydrogens (tertiary/aromatic N) is 3. The van der Waals surface area contributed by atoms with Gasteiger partial charge in [0.2, 0.25) is 0 Å². The van der Waals surface area contributed by atoms with E-state index in [1.165, 1.54) is 5.03 Å². The van der Waals surface area contributed by atoms with Crippen LogP contribution in [0, 0.1) is 11.8 Å². The van der Waals surface area contributed by atoms with E-state index in [1.807, 2.05) is 36.0 Å². The van der Waals surface area contributed by atoms with Gasteiger partial charge in [0.1, 0.15) is 5.75 Å². The van der Waals surface area contributed by atoms with Crippen molar-refractivity contribution in [1.29, 1.82) is 0 Å². The molecule has 0 amide bonds. The van der Waals surface area contributed by atoms with Crippen molar-refractivity contribution in [2.75, 3.05) is 32.5 Å². The number of piperidine rings is 1. The van der Waals surface area contributed by atoms with Crippen LogP contribution < -0.4 is 4.74 Å². The Kier molecular flexibility index (Phi) is 8.70. The van der Waals surface area contributed by atoms with Crippen LogP contribution in [-0.4, -0.2) is 63.1 Å². The molecule has 1 aliphatic heterocycles. The molecular weight excluding hydrogens is 462 g/mol. The summed E-state index contributed by atoms with van der Waals surface area (Å²) in [5.41, 5.74) is 1.67. The number of carboxylic acids is 1. The number of rotatable bonds is 11. The van der Waals surface area contributed by atoms with Gasteiger partial charge in [0.05, 0.1) is 23.8 Å². The van der Waals surface area contributed by atoms with E-state index in [-0.39, 0.29) is 12.3 Å². The van der Waals surface area contributed by atoms with E-state index in [9.17, 15) is 15.0 Å². The Morgan fingerprint density at radius 1 is 1.29 bits per heavy atom. The number of thioether (sulfide) groups is 1. The van der Waals surface area contributed by atoms with Gasteiger partial charge < -0.3 is 24.4 Å². The fourth-order valence-electron chi connectivity index (χ4n) is 5.16. The van der Waals surface area contributed by atoms with Gasteiger partial charge >= 0.3 is 5.97 Å². The lowest BCUT2D eigenvalue weighted by atomic mass is 9.79. The zero-order valence-electron chi connectivity index (χ0n) is 20.5. The average Bonchev–Trinajstić information content (AvgIpc) is 3.26. The fourth-order valence-corrected chi connectivity index (χ4v) is 6.16. The molecule has 35 heavy (non-hydrogen) atoms. The van der Waals surface area contributed by atoms with E-state index in [2.05, 4.69) is 39.8 Å². The SMILES string of the molecule is COc1ccc2nccc([C@H](O)CC[C@@H]3CCN(CCSc4cccn4C)C[C@@H]3CC(=O)O)c2c1. The molecule has 0 saturated carbocycles. The topological polar surface area (TPSA) is 87.8 Å². The molecule has 0 bridgehead atoms. The number of carboxylic acid groups (broad SMARTS) is 1. The van der Waals surface area contributed by atoms with Crippen molar-refractivity contribution in [3.8, 4) is 5.75 Å². The molecule has 4 rings (SSSR count). The Balaban J connectivity index is 1.35. The second-order valence-electron chi connectivity index (χ2n) is 9.39. The third kappa shape index (κ3) is 6.57. The van der Waals surface area contributed by atoms with Gasteiger partial charge in [-0.15, -0.1) is 11.8 Å². The molecule has 2 N–H and O–H groups in total. The zero-order chi connectivity index (χ0) is 24.8. The zero-order valence-corrected chi connectivity index (χ0v) is 21.3. The minimum absolute atomic E-state index is 0.0998. The number of aromatic nitrogens is 2. The fraction of sp³-hybridized carbons (Fsp3) is 0.481. The van der Waals surface area contributed by atoms with Crippen LogP contribution >= 0.6 is 11.8 Å². The number of aryl methyl sites for hydroxylation is 1. The smallest absolute Gasteiger partial charge is 0.303 e. The van der Waals surface area contributed by atoms with E-state index in [0.29, 0.717) is 12.3 Å². The first-order chi connectivity index (χ1) is 16.9. The molecule has 3 heterocycles. The number of pyridine rings is 1. The van der Waals surface area contributed by atoms with Crippen molar-refractivity contribution in [3.05, 3.63) is 54.4 Å². The van der Waals surface area contributed by atoms with Gasteiger partial charge in [-0.2, -0.15) is 0 Å². The molecule has 188 valence electrons. The van der Waals surface area contributed by atoms with Gasteiger partial charge in [-0.25, -0.2) is 0 Å². The highest BCUT2D eigenvalue weighted by molar-refractivity contribution is 7.99. The first-order valence-corrected chi connectivity index (χ1v) is 13.2. The first-order valence-electron chi connectivity index (χ1n) is 12.2. The Morgan fingerprint density at radius 3 is 2.89 bits per heavy atom. The van der Waals surface area contributed by atoms with Crippen molar-refractivity contribution in [1.82, 2.24) is 14.5 Å². The third-order valence-corrected chi connectivity index (χ3v) is 8.22. The van der Waals surface area contributed by atoms with Gasteiger partial charge in [-0.1, -0.05) is 0 Å². The van der Waals surface area contributed by atoms with Gasteiger partial charge in [-0.05, 0) is 79.6 Å². The third-order valence-electron chi connectivity index (χ3n) is 7.12. The summed E-state index contributed by atoms with van der Waals surface area (Å²) in [6.45, 7) is 2.72. The van der Waals surface area contributed by atoms with Crippen LogP contribution in [0.4, 0.5) is 0 Å². The predicted octanol–water partition coefficient (Wildman–Crippen LogP) is 4.60. The van der Waals surface area contributed by atoms with Crippen LogP contribution in [0.15, 0.2) is 53.8 Å². The molecule has 3 atom stereocenters. The number of ether oxygens (including phenoxy) is 1. The number of aliphatic hydroxyl groups excluding tert-OH is 1. The molecule has 7 nitrogen and oxygen atoms in total. The minimum Gasteiger partial charge on any atom is -0.497 e. The van der Waals surface area contributed by atoms with E-state index < -0.39 is 12.1 Å². The molecule has 1 saturated heterocycles. The molecule has 1 fully saturated rings. The van der Waals surface area contributed by atoms with Crippen LogP contribution in [0.3, 0.4) is 0 Å². The van der Waals surface area contributed by atoms with Crippen molar-refractivity contribution in [3.63, 3.8) is 0 Å². The lowest BCUT2D eigenvalue weighted by molar-refractivity contribution is -0.139. The van der Waals surface area contributed by atoms with Crippen LogP contribution in [0.2, 0.25) is 0 Å². The Labute approximate surface area is 211 Å². The number of likely N-dealkylation sites (tertiary alicyclic amines) is 1. The van der Waals surface area contributed by atoms with E-state index in [4.69, 9.17) is 4.74 Å². The Bertz CT molecular complexity index is 1130. The number of aliphatic carboxylic acids is 1. The van der Waals surface area contributed by atoms with Crippen LogP contribution in [0.5, 0.6) is 5.75 Å². The van der Waals surface area contributed by atoms with Crippen molar-refractivity contribution >= 4 is 28.6 Å². The summed E-state index contributed by atoms with van der Waals surface area (Å²) < 4.78 is 7.48. The number of hydrogen-bond acceptors (Lipinski definition) is 6. The Morgan fingerprint density at radius 2 is 2.14 bits per heavy atom. The lowest BCUT2D eigenvalue weighted by Crippen LogP contribution is -2.42. The molecule has 8 heteroatoms. The summed E-state index contributed by atoms with van der Waals surface area (Å²) in [5.74, 6) is 1.37. The molecule has 0 radical (unpaired) electrons. The first kappa shape index (κ1) is 25.5. The number of carbonyl (C=O) groups is 1. The number of hydrogen-bond donors (Lipinski definition) is 2. The van der Waals surface area contributed by atoms with Crippen molar-refractivity contribution in [2.24, 2.45) is 18.9 Å². The minimum atomic E-state index is -0.743. The number of benzene rings is 1. The standard InChI is InChI=1S/C27H35N3O4S/c1-29-12-3-4-26(29)35-15-14-30-13-10-19(20(18-30)16-27(32)33)5-8-25(31)22-9-11-28-24-7-6-21(34-2)17-23(22)24/h3-4,6-7,9,11-12,17,19-20,25,31H,5,8,10,13-16,18H2,1-2H3,(H,32,33)/t19-,20+,25-/m1/s1. The number of fused-ring (bicyclic) bond motifs is 1. The van der Waals surface area contributed by atoms with Gasteiger partial charge in [0.25, 0.3) is 0 Å². The van der Waals surface area contributed by atoms with Crippen molar-refractivity contribution in [2.45, 2.75) is 36.8 Å². The normalized spacial score (nSPS) is 19.6. The second kappa shape index (κ2) is 11.9. The number of aliphatic hydroxyl groups is 1. The summed E-state index contributed by atoms with van der Waals surface area (Å²) >= 11 is 1.84. The van der Waals surface area contributed by atoms with Gasteiger partial charge in [-0.3, -0.25) is 9.78 Å². The molecule has 1 aromatic carbocycles. The molecule has 1 aliphatic rings. The molecule has 0 unspecified atom stereocenters. The van der Waals surface area contributed by atoms with E-state index in [0.717, 1.165) is 60.4 Å². The van der Waals surface area contributed by atoms with Gasteiger partial charge in [0.15, 0.2) is 0 Å². The van der Waals surface area contributed by atoms with Crippen LogP contribution in [-0.2, 0) is 11.8 Å². The molecular formula is C27H35N3O4S. The molecule has 2 aromatic heterocycles. The van der Waals surface area contributed by atoms with Crippen molar-refractivity contribution < 1.29 is 19.7 Å². The Hall–Kier alpha value is -2.55. The van der Waals surface area contributed by atoms with Crippen LogP contribution in [0.25, 0.3) is 10.9 Å². The summed E-state index contributed by atoms with van der Waals surface area (Å²) in [6.07, 6.45) is 5.70. The van der Waals surface area contributed by atoms with E-state index in [1.54, 1.807) is 13.3 Å². The second-order valence-corrected chi connectivity index (χ2v) is 10.5. The largest absolute Gasteiger partial charge is 0.497 e. The highest BCUT2D eigenvalue weighted by Crippen LogP contribution is 2.35. The maximum atomic E-state index is 11.6. The maximum absolute atomic E-state index is 11.6. The summed E-state index contributed by atoms with van der Waals surface area (Å²) in [6, 6.07) is 11.7. The molecule has 0 aliphatic carbocycles. The number of methoxy groups -OCH3 is 1. The lowest BCUT2D eigenvalue weighted by Gasteiger charge is -2.38. The van der Waals surface area contributed by atoms with Crippen LogP contribution in [0.1, 0.15) is 37.4 Å². The summed E-state index contributed by atoms with van der Waals surface area (Å²) in [7, 11) is 3.68. The molecule has 3 aromatic rings. The molecule has 0 spiro atoms. The monoisotopic (exact) mass is 497 g/mol. The summed E-state index contributed by atoms with van der Waals surface area (Å²) in [5, 5.41) is 22.7. The highest BCUT2D eigenvalue weighted by atomic mass is 32.2.